The molecule has 5 aromatic rings. The molecule has 0 saturated carbocycles. The fraction of sp³-hybridized carbons (Fsp3) is 0.182. The molecule has 1 atom stereocenters. The molecule has 8 nitrogen and oxygen atoms in total. The van der Waals surface area contributed by atoms with E-state index < -0.39 is 4.92 Å². The SMILES string of the molecule is N#CCCN(Cc1cccnc1)C(=O)CC(c1ccccc1)c1cn(Cc2ccccc2)c2ccc([N+](=O)[O-])cc12. The van der Waals surface area contributed by atoms with E-state index in [4.69, 9.17) is 0 Å². The zero-order valence-corrected chi connectivity index (χ0v) is 22.5. The fourth-order valence-corrected chi connectivity index (χ4v) is 5.20. The Morgan fingerprint density at radius 3 is 2.41 bits per heavy atom. The van der Waals surface area contributed by atoms with E-state index in [9.17, 15) is 20.2 Å². The lowest BCUT2D eigenvalue weighted by molar-refractivity contribution is -0.384. The summed E-state index contributed by atoms with van der Waals surface area (Å²) >= 11 is 0. The molecule has 0 N–H and O–H groups in total. The second kappa shape index (κ2) is 12.7. The Morgan fingerprint density at radius 2 is 1.73 bits per heavy atom. The molecule has 8 heteroatoms. The van der Waals surface area contributed by atoms with Crippen LogP contribution in [0.3, 0.4) is 0 Å². The monoisotopic (exact) mass is 543 g/mol. The molecule has 0 fully saturated rings. The van der Waals surface area contributed by atoms with Crippen molar-refractivity contribution < 1.29 is 9.72 Å². The number of nitriles is 1. The zero-order chi connectivity index (χ0) is 28.6. The molecular formula is C33H29N5O3. The van der Waals surface area contributed by atoms with Gasteiger partial charge in [-0.2, -0.15) is 5.26 Å². The number of nitro groups is 1. The van der Waals surface area contributed by atoms with Crippen molar-refractivity contribution in [2.24, 2.45) is 0 Å². The highest BCUT2D eigenvalue weighted by Gasteiger charge is 2.26. The van der Waals surface area contributed by atoms with Crippen molar-refractivity contribution in [3.8, 4) is 6.07 Å². The number of carbonyl (C=O) groups is 1. The highest BCUT2D eigenvalue weighted by molar-refractivity contribution is 5.88. The van der Waals surface area contributed by atoms with E-state index in [-0.39, 0.29) is 30.4 Å². The summed E-state index contributed by atoms with van der Waals surface area (Å²) in [6.45, 7) is 1.23. The fourth-order valence-electron chi connectivity index (χ4n) is 5.20. The molecule has 204 valence electrons. The van der Waals surface area contributed by atoms with Crippen LogP contribution in [0.2, 0.25) is 0 Å². The van der Waals surface area contributed by atoms with Gasteiger partial charge in [0.25, 0.3) is 5.69 Å². The summed E-state index contributed by atoms with van der Waals surface area (Å²) in [6.07, 6.45) is 5.78. The summed E-state index contributed by atoms with van der Waals surface area (Å²) < 4.78 is 2.09. The van der Waals surface area contributed by atoms with Crippen molar-refractivity contribution in [2.75, 3.05) is 6.54 Å². The van der Waals surface area contributed by atoms with E-state index in [0.29, 0.717) is 19.6 Å². The molecule has 1 unspecified atom stereocenters. The Balaban J connectivity index is 1.58. The summed E-state index contributed by atoms with van der Waals surface area (Å²) in [5, 5.41) is 21.7. The molecule has 41 heavy (non-hydrogen) atoms. The minimum Gasteiger partial charge on any atom is -0.343 e. The maximum atomic E-state index is 13.9. The predicted octanol–water partition coefficient (Wildman–Crippen LogP) is 6.46. The molecule has 0 saturated heterocycles. The molecule has 2 aromatic heterocycles. The number of hydrogen-bond donors (Lipinski definition) is 0. The van der Waals surface area contributed by atoms with E-state index in [1.165, 1.54) is 6.07 Å². The molecule has 0 spiro atoms. The van der Waals surface area contributed by atoms with Gasteiger partial charge in [-0.15, -0.1) is 0 Å². The van der Waals surface area contributed by atoms with Gasteiger partial charge in [0.1, 0.15) is 0 Å². The van der Waals surface area contributed by atoms with Crippen LogP contribution in [0.5, 0.6) is 0 Å². The Bertz CT molecular complexity index is 1680. The topological polar surface area (TPSA) is 105 Å². The largest absolute Gasteiger partial charge is 0.343 e. The number of fused-ring (bicyclic) bond motifs is 1. The first-order valence-electron chi connectivity index (χ1n) is 13.4. The van der Waals surface area contributed by atoms with Gasteiger partial charge in [-0.05, 0) is 34.4 Å². The van der Waals surface area contributed by atoms with Crippen LogP contribution < -0.4 is 0 Å². The van der Waals surface area contributed by atoms with Crippen LogP contribution in [-0.2, 0) is 17.9 Å². The highest BCUT2D eigenvalue weighted by atomic mass is 16.6. The number of nitrogens with zero attached hydrogens (tertiary/aromatic N) is 5. The van der Waals surface area contributed by atoms with Crippen molar-refractivity contribution in [1.29, 1.82) is 5.26 Å². The smallest absolute Gasteiger partial charge is 0.270 e. The molecule has 5 rings (SSSR count). The number of aromatic nitrogens is 2. The van der Waals surface area contributed by atoms with E-state index in [1.807, 2.05) is 79.0 Å². The van der Waals surface area contributed by atoms with E-state index in [0.717, 1.165) is 33.2 Å². The first kappa shape index (κ1) is 27.3. The van der Waals surface area contributed by atoms with Gasteiger partial charge in [0, 0.05) is 73.6 Å². The molecule has 0 aliphatic carbocycles. The van der Waals surface area contributed by atoms with Crippen LogP contribution in [0.25, 0.3) is 10.9 Å². The molecular weight excluding hydrogens is 514 g/mol. The maximum Gasteiger partial charge on any atom is 0.270 e. The molecule has 3 aromatic carbocycles. The van der Waals surface area contributed by atoms with Crippen molar-refractivity contribution in [3.63, 3.8) is 0 Å². The van der Waals surface area contributed by atoms with Gasteiger partial charge in [0.2, 0.25) is 5.91 Å². The highest BCUT2D eigenvalue weighted by Crippen LogP contribution is 2.37. The summed E-state index contributed by atoms with van der Waals surface area (Å²) in [5.74, 6) is -0.462. The Kier molecular flexibility index (Phi) is 8.46. The van der Waals surface area contributed by atoms with Crippen LogP contribution in [0.1, 0.15) is 41.0 Å². The van der Waals surface area contributed by atoms with Gasteiger partial charge in [0.15, 0.2) is 0 Å². The standard InChI is InChI=1S/C33H29N5O3/c34-16-8-18-36(23-26-11-7-17-35-21-26)33(39)20-29(27-12-5-2-6-13-27)31-24-37(22-25-9-3-1-4-10-25)32-15-14-28(38(40)41)19-30(31)32/h1-7,9-15,17,19,21,24,29H,8,18,20,22-23H2. The van der Waals surface area contributed by atoms with E-state index in [2.05, 4.69) is 15.6 Å². The van der Waals surface area contributed by atoms with E-state index >= 15 is 0 Å². The Hall–Kier alpha value is -5.29. The first-order valence-corrected chi connectivity index (χ1v) is 13.4. The normalized spacial score (nSPS) is 11.6. The summed E-state index contributed by atoms with van der Waals surface area (Å²) in [7, 11) is 0. The minimum absolute atomic E-state index is 0.00146. The number of nitro benzene ring substituents is 1. The minimum atomic E-state index is -0.391. The van der Waals surface area contributed by atoms with Crippen molar-refractivity contribution >= 4 is 22.5 Å². The molecule has 0 aliphatic rings. The van der Waals surface area contributed by atoms with Gasteiger partial charge >= 0.3 is 0 Å². The summed E-state index contributed by atoms with van der Waals surface area (Å²) in [4.78, 5) is 31.1. The third-order valence-corrected chi connectivity index (χ3v) is 7.20. The number of benzene rings is 3. The maximum absolute atomic E-state index is 13.9. The molecule has 0 radical (unpaired) electrons. The third-order valence-electron chi connectivity index (χ3n) is 7.20. The predicted molar refractivity (Wildman–Crippen MR) is 157 cm³/mol. The number of rotatable bonds is 11. The van der Waals surface area contributed by atoms with Crippen molar-refractivity contribution in [1.82, 2.24) is 14.5 Å². The Labute approximate surface area is 238 Å². The number of hydrogen-bond acceptors (Lipinski definition) is 5. The molecule has 0 bridgehead atoms. The van der Waals surface area contributed by atoms with E-state index in [1.54, 1.807) is 29.4 Å². The van der Waals surface area contributed by atoms with Crippen LogP contribution in [0.4, 0.5) is 5.69 Å². The van der Waals surface area contributed by atoms with Gasteiger partial charge in [-0.3, -0.25) is 19.9 Å². The van der Waals surface area contributed by atoms with Crippen molar-refractivity contribution in [2.45, 2.75) is 31.8 Å². The van der Waals surface area contributed by atoms with Crippen LogP contribution in [0.15, 0.2) is 110 Å². The van der Waals surface area contributed by atoms with Gasteiger partial charge < -0.3 is 9.47 Å². The van der Waals surface area contributed by atoms with Crippen LogP contribution in [-0.4, -0.2) is 31.8 Å². The number of non-ortho nitro benzene ring substituents is 1. The molecule has 0 aliphatic heterocycles. The molecule has 1 amide bonds. The summed E-state index contributed by atoms with van der Waals surface area (Å²) in [5.41, 5.74) is 4.63. The van der Waals surface area contributed by atoms with Crippen molar-refractivity contribution in [3.05, 3.63) is 142 Å². The number of amides is 1. The van der Waals surface area contributed by atoms with Crippen LogP contribution >= 0.6 is 0 Å². The third kappa shape index (κ3) is 6.48. The number of carbonyl (C=O) groups excluding carboxylic acids is 1. The lowest BCUT2D eigenvalue weighted by Gasteiger charge is -2.25. The second-order valence-corrected chi connectivity index (χ2v) is 9.91. The average molecular weight is 544 g/mol. The van der Waals surface area contributed by atoms with Crippen LogP contribution in [0, 0.1) is 21.4 Å². The lowest BCUT2D eigenvalue weighted by atomic mass is 9.87. The number of pyridine rings is 1. The quantitative estimate of drug-likeness (QED) is 0.140. The molecule has 2 heterocycles. The first-order chi connectivity index (χ1) is 20.0. The zero-order valence-electron chi connectivity index (χ0n) is 22.5. The van der Waals surface area contributed by atoms with Gasteiger partial charge in [0.05, 0.1) is 17.4 Å². The second-order valence-electron chi connectivity index (χ2n) is 9.91. The lowest BCUT2D eigenvalue weighted by Crippen LogP contribution is -2.32. The Morgan fingerprint density at radius 1 is 1.00 bits per heavy atom. The van der Waals surface area contributed by atoms with Gasteiger partial charge in [-0.25, -0.2) is 0 Å². The summed E-state index contributed by atoms with van der Waals surface area (Å²) in [6, 6.07) is 30.6. The van der Waals surface area contributed by atoms with Gasteiger partial charge in [-0.1, -0.05) is 66.7 Å². The average Bonchev–Trinajstić information content (AvgIpc) is 3.36.